The molecule has 0 heterocycles. The quantitative estimate of drug-likeness (QED) is 0.0483. The van der Waals surface area contributed by atoms with Crippen molar-refractivity contribution in [3.63, 3.8) is 0 Å². The second kappa shape index (κ2) is 38.8. The van der Waals surface area contributed by atoms with Gasteiger partial charge >= 0.3 is 0 Å². The molecule has 272 valence electrons. The maximum Gasteiger partial charge on any atom is 0.220 e. The van der Waals surface area contributed by atoms with Crippen molar-refractivity contribution in [2.24, 2.45) is 0 Å². The fourth-order valence-corrected chi connectivity index (χ4v) is 5.06. The van der Waals surface area contributed by atoms with E-state index in [9.17, 15) is 15.0 Å². The maximum absolute atomic E-state index is 12.3. The molecule has 0 spiro atoms. The molecule has 4 nitrogen and oxygen atoms in total. The highest BCUT2D eigenvalue weighted by atomic mass is 16.3. The van der Waals surface area contributed by atoms with Crippen LogP contribution in [0.3, 0.4) is 0 Å². The summed E-state index contributed by atoms with van der Waals surface area (Å²) in [5, 5.41) is 22.9. The topological polar surface area (TPSA) is 69.6 Å². The van der Waals surface area contributed by atoms with Gasteiger partial charge in [0.25, 0.3) is 0 Å². The molecule has 3 N–H and O–H groups in total. The first-order valence-electron chi connectivity index (χ1n) is 19.5. The van der Waals surface area contributed by atoms with Crippen LogP contribution < -0.4 is 5.32 Å². The van der Waals surface area contributed by atoms with Crippen LogP contribution in [-0.4, -0.2) is 34.9 Å². The second-order valence-electron chi connectivity index (χ2n) is 12.6. The highest BCUT2D eigenvalue weighted by molar-refractivity contribution is 5.76. The summed E-state index contributed by atoms with van der Waals surface area (Å²) in [6.07, 6.45) is 57.8. The highest BCUT2D eigenvalue weighted by Gasteiger charge is 2.17. The van der Waals surface area contributed by atoms with E-state index >= 15 is 0 Å². The number of nitrogens with one attached hydrogen (secondary N) is 1. The van der Waals surface area contributed by atoms with E-state index in [0.29, 0.717) is 6.42 Å². The maximum atomic E-state index is 12.3. The lowest BCUT2D eigenvalue weighted by Crippen LogP contribution is -2.45. The number of carbonyl (C=O) groups excluding carboxylic acids is 1. The predicted molar refractivity (Wildman–Crippen MR) is 211 cm³/mol. The Bertz CT molecular complexity index is 937. The second-order valence-corrected chi connectivity index (χ2v) is 12.6. The Balaban J connectivity index is 3.73. The Labute approximate surface area is 296 Å². The molecule has 4 heteroatoms. The van der Waals surface area contributed by atoms with Crippen molar-refractivity contribution in [3.8, 4) is 0 Å². The minimum absolute atomic E-state index is 0.0964. The van der Waals surface area contributed by atoms with Crippen LogP contribution in [0.25, 0.3) is 0 Å². The minimum atomic E-state index is -0.879. The first-order chi connectivity index (χ1) is 23.7. The van der Waals surface area contributed by atoms with Crippen LogP contribution in [0.2, 0.25) is 0 Å². The molecular weight excluding hydrogens is 590 g/mol. The molecule has 48 heavy (non-hydrogen) atoms. The first kappa shape index (κ1) is 45.3. The van der Waals surface area contributed by atoms with Crippen molar-refractivity contribution in [1.82, 2.24) is 5.32 Å². The molecule has 0 fully saturated rings. The van der Waals surface area contributed by atoms with E-state index in [4.69, 9.17) is 0 Å². The van der Waals surface area contributed by atoms with Gasteiger partial charge < -0.3 is 15.5 Å². The molecule has 0 bridgehead atoms. The van der Waals surface area contributed by atoms with E-state index in [1.807, 2.05) is 6.08 Å². The van der Waals surface area contributed by atoms with Gasteiger partial charge in [0, 0.05) is 6.42 Å². The van der Waals surface area contributed by atoms with E-state index in [1.165, 1.54) is 51.4 Å². The van der Waals surface area contributed by atoms with Crippen LogP contribution in [0.5, 0.6) is 0 Å². The van der Waals surface area contributed by atoms with E-state index < -0.39 is 12.1 Å². The van der Waals surface area contributed by atoms with E-state index in [1.54, 1.807) is 6.08 Å². The molecule has 0 aliphatic heterocycles. The average Bonchev–Trinajstić information content (AvgIpc) is 3.09. The number of rotatable bonds is 33. The summed E-state index contributed by atoms with van der Waals surface area (Å²) in [4.78, 5) is 12.3. The van der Waals surface area contributed by atoms with Gasteiger partial charge in [0.15, 0.2) is 0 Å². The van der Waals surface area contributed by atoms with E-state index in [2.05, 4.69) is 104 Å². The van der Waals surface area contributed by atoms with Gasteiger partial charge in [-0.15, -0.1) is 0 Å². The summed E-state index contributed by atoms with van der Waals surface area (Å²) in [6.45, 7) is 4.11. The van der Waals surface area contributed by atoms with Crippen molar-refractivity contribution in [2.75, 3.05) is 6.61 Å². The summed E-state index contributed by atoms with van der Waals surface area (Å²) in [5.41, 5.74) is 0. The molecule has 0 aromatic rings. The SMILES string of the molecule is CC/C=C\C/C=C\C/C=C\C/C=C\C/C=C\CCCCCCCCCC(=O)NC(CO)C(O)/C=C/CC/C=C/CC/C=C/CCCCC. The average molecular weight is 664 g/mol. The van der Waals surface area contributed by atoms with Crippen LogP contribution in [0.1, 0.15) is 155 Å². The first-order valence-corrected chi connectivity index (χ1v) is 19.5. The molecule has 0 aromatic heterocycles. The van der Waals surface area contributed by atoms with Crippen molar-refractivity contribution in [2.45, 2.75) is 167 Å². The minimum Gasteiger partial charge on any atom is -0.394 e. The number of amides is 1. The van der Waals surface area contributed by atoms with E-state index in [0.717, 1.165) is 83.5 Å². The Morgan fingerprint density at radius 3 is 1.46 bits per heavy atom. The van der Waals surface area contributed by atoms with Gasteiger partial charge in [0.1, 0.15) is 0 Å². The fraction of sp³-hybridized carbons (Fsp3) is 0.614. The summed E-state index contributed by atoms with van der Waals surface area (Å²) in [5.74, 6) is -0.0964. The lowest BCUT2D eigenvalue weighted by atomic mass is 10.1. The van der Waals surface area contributed by atoms with Crippen LogP contribution >= 0.6 is 0 Å². The molecule has 2 atom stereocenters. The zero-order chi connectivity index (χ0) is 35.0. The van der Waals surface area contributed by atoms with Crippen LogP contribution in [0.15, 0.2) is 97.2 Å². The van der Waals surface area contributed by atoms with Crippen molar-refractivity contribution in [3.05, 3.63) is 97.2 Å². The predicted octanol–water partition coefficient (Wildman–Crippen LogP) is 11.9. The van der Waals surface area contributed by atoms with Gasteiger partial charge in [-0.1, -0.05) is 156 Å². The molecular formula is C44H73NO3. The molecule has 1 amide bonds. The highest BCUT2D eigenvalue weighted by Crippen LogP contribution is 2.11. The van der Waals surface area contributed by atoms with Gasteiger partial charge in [0.05, 0.1) is 18.8 Å². The molecule has 0 aliphatic carbocycles. The number of unbranched alkanes of at least 4 members (excludes halogenated alkanes) is 12. The Hall–Kier alpha value is -2.69. The number of aliphatic hydroxyl groups is 2. The number of hydrogen-bond acceptors (Lipinski definition) is 3. The third-order valence-electron chi connectivity index (χ3n) is 8.03. The van der Waals surface area contributed by atoms with Crippen molar-refractivity contribution in [1.29, 1.82) is 0 Å². The molecule has 0 saturated carbocycles. The fourth-order valence-electron chi connectivity index (χ4n) is 5.06. The lowest BCUT2D eigenvalue weighted by molar-refractivity contribution is -0.123. The standard InChI is InChI=1S/C44H73NO3/c1-3-5-7-9-11-13-15-17-18-19-20-21-22-23-24-25-26-28-30-32-34-36-38-40-44(48)45-42(41-46)43(47)39-37-35-33-31-29-27-16-14-12-10-8-6-4-2/h5,7,11-14,17-18,20-21,23-24,29,31,37,39,42-43,46-47H,3-4,6,8-10,15-16,19,22,25-28,30,32-36,38,40-41H2,1-2H3,(H,45,48)/b7-5-,13-11-,14-12+,18-17-,21-20-,24-23-,31-29+,39-37+. The largest absolute Gasteiger partial charge is 0.394 e. The normalized spacial score (nSPS) is 14.2. The zero-order valence-electron chi connectivity index (χ0n) is 31.0. The van der Waals surface area contributed by atoms with Gasteiger partial charge in [-0.05, 0) is 89.9 Å². The van der Waals surface area contributed by atoms with Crippen LogP contribution in [0.4, 0.5) is 0 Å². The number of hydrogen-bond donors (Lipinski definition) is 3. The Morgan fingerprint density at radius 1 is 0.521 bits per heavy atom. The smallest absolute Gasteiger partial charge is 0.220 e. The van der Waals surface area contributed by atoms with Crippen molar-refractivity contribution < 1.29 is 15.0 Å². The Morgan fingerprint density at radius 2 is 0.938 bits per heavy atom. The molecule has 0 aromatic carbocycles. The molecule has 2 unspecified atom stereocenters. The lowest BCUT2D eigenvalue weighted by Gasteiger charge is -2.19. The third-order valence-corrected chi connectivity index (χ3v) is 8.03. The van der Waals surface area contributed by atoms with Gasteiger partial charge in [-0.2, -0.15) is 0 Å². The number of allylic oxidation sites excluding steroid dienone is 15. The number of aliphatic hydroxyl groups excluding tert-OH is 2. The zero-order valence-corrected chi connectivity index (χ0v) is 31.0. The van der Waals surface area contributed by atoms with Crippen molar-refractivity contribution >= 4 is 5.91 Å². The van der Waals surface area contributed by atoms with Crippen LogP contribution in [0, 0.1) is 0 Å². The van der Waals surface area contributed by atoms with Gasteiger partial charge in [0.2, 0.25) is 5.91 Å². The molecule has 0 rings (SSSR count). The summed E-state index contributed by atoms with van der Waals surface area (Å²) < 4.78 is 0. The summed E-state index contributed by atoms with van der Waals surface area (Å²) in [6, 6.07) is -0.656. The molecule has 0 radical (unpaired) electrons. The summed E-state index contributed by atoms with van der Waals surface area (Å²) >= 11 is 0. The third kappa shape index (κ3) is 34.6. The molecule has 0 aliphatic rings. The van der Waals surface area contributed by atoms with E-state index in [-0.39, 0.29) is 12.5 Å². The molecule has 0 saturated heterocycles. The monoisotopic (exact) mass is 664 g/mol. The van der Waals surface area contributed by atoms with Gasteiger partial charge in [-0.25, -0.2) is 0 Å². The van der Waals surface area contributed by atoms with Crippen LogP contribution in [-0.2, 0) is 4.79 Å². The number of carbonyl (C=O) groups is 1. The summed E-state index contributed by atoms with van der Waals surface area (Å²) in [7, 11) is 0. The Kier molecular flexibility index (Phi) is 36.6. The van der Waals surface area contributed by atoms with Gasteiger partial charge in [-0.3, -0.25) is 4.79 Å².